The molecule has 3 aliphatic rings. The quantitative estimate of drug-likeness (QED) is 0.794. The normalized spacial score (nSPS) is 40.9. The fraction of sp³-hybridized carbons (Fsp3) is 0.929. The van der Waals surface area contributed by atoms with Crippen molar-refractivity contribution in [1.29, 1.82) is 0 Å². The number of rotatable bonds is 1. The number of likely N-dealkylation sites (tertiary alicyclic amines) is 1. The molecule has 3 atom stereocenters. The zero-order valence-electron chi connectivity index (χ0n) is 11.4. The third-order valence-corrected chi connectivity index (χ3v) is 5.32. The molecule has 2 N–H and O–H groups in total. The van der Waals surface area contributed by atoms with Gasteiger partial charge in [-0.05, 0) is 36.5 Å². The van der Waals surface area contributed by atoms with E-state index in [0.717, 1.165) is 31.3 Å². The number of carbonyl (C=O) groups excluding carboxylic acids is 1. The van der Waals surface area contributed by atoms with Gasteiger partial charge in [-0.1, -0.05) is 20.3 Å². The second kappa shape index (κ2) is 4.68. The second-order valence-corrected chi connectivity index (χ2v) is 6.93. The summed E-state index contributed by atoms with van der Waals surface area (Å²) in [5.74, 6) is 2.29. The largest absolute Gasteiger partial charge is 0.342 e. The highest BCUT2D eigenvalue weighted by atomic mass is 35.5. The van der Waals surface area contributed by atoms with E-state index in [4.69, 9.17) is 5.73 Å². The fourth-order valence-corrected chi connectivity index (χ4v) is 3.96. The van der Waals surface area contributed by atoms with Crippen molar-refractivity contribution in [2.24, 2.45) is 28.9 Å². The number of halogens is 1. The van der Waals surface area contributed by atoms with Crippen molar-refractivity contribution >= 4 is 18.3 Å². The first-order valence-corrected chi connectivity index (χ1v) is 7.05. The number of amides is 1. The summed E-state index contributed by atoms with van der Waals surface area (Å²) in [4.78, 5) is 14.5. The Kier molecular flexibility index (Phi) is 3.67. The molecule has 4 heteroatoms. The zero-order valence-corrected chi connectivity index (χ0v) is 12.2. The van der Waals surface area contributed by atoms with Crippen molar-refractivity contribution in [3.63, 3.8) is 0 Å². The topological polar surface area (TPSA) is 46.3 Å². The third kappa shape index (κ3) is 2.16. The van der Waals surface area contributed by atoms with Gasteiger partial charge in [0.25, 0.3) is 0 Å². The van der Waals surface area contributed by atoms with Gasteiger partial charge in [0, 0.05) is 25.0 Å². The molecule has 0 spiro atoms. The fourth-order valence-electron chi connectivity index (χ4n) is 3.96. The molecule has 1 saturated heterocycles. The molecule has 0 aromatic rings. The lowest BCUT2D eigenvalue weighted by Crippen LogP contribution is -2.54. The van der Waals surface area contributed by atoms with Gasteiger partial charge < -0.3 is 10.6 Å². The standard InChI is InChI=1S/C14H24N2O.ClH/c1-14(2)8-16(7-6-11(14)15)13(17)12-9-4-3-5-10(9)12;/h9-12H,3-8,15H2,1-2H3;1H. The Hall–Kier alpha value is -0.280. The molecule has 1 heterocycles. The van der Waals surface area contributed by atoms with Crippen molar-refractivity contribution in [3.8, 4) is 0 Å². The lowest BCUT2D eigenvalue weighted by atomic mass is 9.79. The van der Waals surface area contributed by atoms with E-state index in [1.807, 2.05) is 0 Å². The molecule has 2 saturated carbocycles. The smallest absolute Gasteiger partial charge is 0.226 e. The average Bonchev–Trinajstić information content (AvgIpc) is 2.74. The number of fused-ring (bicyclic) bond motifs is 1. The Morgan fingerprint density at radius 3 is 2.39 bits per heavy atom. The van der Waals surface area contributed by atoms with Crippen molar-refractivity contribution in [2.75, 3.05) is 13.1 Å². The van der Waals surface area contributed by atoms with Crippen LogP contribution in [0.5, 0.6) is 0 Å². The molecule has 3 fully saturated rings. The van der Waals surface area contributed by atoms with Crippen molar-refractivity contribution in [3.05, 3.63) is 0 Å². The Morgan fingerprint density at radius 2 is 1.83 bits per heavy atom. The predicted molar refractivity (Wildman–Crippen MR) is 74.5 cm³/mol. The zero-order chi connectivity index (χ0) is 12.2. The molecular formula is C14H25ClN2O. The van der Waals surface area contributed by atoms with Crippen LogP contribution in [0.25, 0.3) is 0 Å². The summed E-state index contributed by atoms with van der Waals surface area (Å²) in [6.45, 7) is 6.10. The number of piperidine rings is 1. The minimum atomic E-state index is 0. The van der Waals surface area contributed by atoms with E-state index in [0.29, 0.717) is 11.8 Å². The van der Waals surface area contributed by atoms with E-state index >= 15 is 0 Å². The van der Waals surface area contributed by atoms with Gasteiger partial charge in [0.15, 0.2) is 0 Å². The van der Waals surface area contributed by atoms with Gasteiger partial charge >= 0.3 is 0 Å². The highest BCUT2D eigenvalue weighted by Crippen LogP contribution is 2.58. The summed E-state index contributed by atoms with van der Waals surface area (Å²) in [6.07, 6.45) is 4.88. The average molecular weight is 273 g/mol. The summed E-state index contributed by atoms with van der Waals surface area (Å²) in [5, 5.41) is 0. The Balaban J connectivity index is 0.00000120. The molecule has 18 heavy (non-hydrogen) atoms. The maximum absolute atomic E-state index is 12.5. The molecule has 0 radical (unpaired) electrons. The van der Waals surface area contributed by atoms with Crippen LogP contribution in [0.1, 0.15) is 39.5 Å². The molecule has 104 valence electrons. The lowest BCUT2D eigenvalue weighted by molar-refractivity contribution is -0.136. The number of nitrogens with two attached hydrogens (primary N) is 1. The van der Waals surface area contributed by atoms with Crippen LogP contribution < -0.4 is 5.73 Å². The minimum absolute atomic E-state index is 0. The highest BCUT2D eigenvalue weighted by Gasteiger charge is 2.58. The molecule has 3 nitrogen and oxygen atoms in total. The van der Waals surface area contributed by atoms with Crippen LogP contribution in [-0.4, -0.2) is 29.9 Å². The van der Waals surface area contributed by atoms with Crippen LogP contribution in [0.2, 0.25) is 0 Å². The van der Waals surface area contributed by atoms with Crippen LogP contribution in [0.3, 0.4) is 0 Å². The summed E-state index contributed by atoms with van der Waals surface area (Å²) in [6, 6.07) is 0.241. The van der Waals surface area contributed by atoms with Gasteiger partial charge in [-0.2, -0.15) is 0 Å². The summed E-state index contributed by atoms with van der Waals surface area (Å²) in [7, 11) is 0. The van der Waals surface area contributed by atoms with Gasteiger partial charge in [-0.15, -0.1) is 12.4 Å². The monoisotopic (exact) mass is 272 g/mol. The van der Waals surface area contributed by atoms with Gasteiger partial charge in [-0.25, -0.2) is 0 Å². The molecule has 1 aliphatic heterocycles. The Morgan fingerprint density at radius 1 is 1.22 bits per heavy atom. The number of hydrogen-bond acceptors (Lipinski definition) is 2. The third-order valence-electron chi connectivity index (χ3n) is 5.32. The first-order chi connectivity index (χ1) is 8.00. The molecule has 0 bridgehead atoms. The molecule has 0 aromatic carbocycles. The van der Waals surface area contributed by atoms with Crippen molar-refractivity contribution < 1.29 is 4.79 Å². The number of carbonyl (C=O) groups is 1. The predicted octanol–water partition coefficient (Wildman–Crippen LogP) is 2.04. The molecule has 0 aromatic heterocycles. The van der Waals surface area contributed by atoms with Crippen LogP contribution >= 0.6 is 12.4 Å². The van der Waals surface area contributed by atoms with Crippen LogP contribution in [0.4, 0.5) is 0 Å². The molecular weight excluding hydrogens is 248 g/mol. The van der Waals surface area contributed by atoms with E-state index in [1.165, 1.54) is 19.3 Å². The minimum Gasteiger partial charge on any atom is -0.342 e. The summed E-state index contributed by atoms with van der Waals surface area (Å²) < 4.78 is 0. The Labute approximate surface area is 116 Å². The van der Waals surface area contributed by atoms with E-state index in [1.54, 1.807) is 0 Å². The second-order valence-electron chi connectivity index (χ2n) is 6.93. The van der Waals surface area contributed by atoms with E-state index in [9.17, 15) is 4.79 Å². The van der Waals surface area contributed by atoms with Gasteiger partial charge in [-0.3, -0.25) is 4.79 Å². The Bertz CT molecular complexity index is 335. The van der Waals surface area contributed by atoms with Crippen molar-refractivity contribution in [2.45, 2.75) is 45.6 Å². The van der Waals surface area contributed by atoms with Gasteiger partial charge in [0.1, 0.15) is 0 Å². The highest BCUT2D eigenvalue weighted by molar-refractivity contribution is 5.85. The van der Waals surface area contributed by atoms with E-state index in [2.05, 4.69) is 18.7 Å². The van der Waals surface area contributed by atoms with Crippen LogP contribution in [0.15, 0.2) is 0 Å². The van der Waals surface area contributed by atoms with Gasteiger partial charge in [0.2, 0.25) is 5.91 Å². The molecule has 3 rings (SSSR count). The maximum Gasteiger partial charge on any atom is 0.226 e. The van der Waals surface area contributed by atoms with E-state index in [-0.39, 0.29) is 23.9 Å². The van der Waals surface area contributed by atoms with E-state index < -0.39 is 0 Å². The maximum atomic E-state index is 12.5. The first kappa shape index (κ1) is 14.1. The number of hydrogen-bond donors (Lipinski definition) is 1. The summed E-state index contributed by atoms with van der Waals surface area (Å²) >= 11 is 0. The van der Waals surface area contributed by atoms with Crippen LogP contribution in [-0.2, 0) is 4.79 Å². The van der Waals surface area contributed by atoms with Crippen molar-refractivity contribution in [1.82, 2.24) is 4.90 Å². The molecule has 2 aliphatic carbocycles. The molecule has 3 unspecified atom stereocenters. The number of nitrogens with zero attached hydrogens (tertiary/aromatic N) is 1. The SMILES string of the molecule is CC1(C)CN(C(=O)C2C3CCCC32)CCC1N.Cl. The molecule has 1 amide bonds. The van der Waals surface area contributed by atoms with Crippen LogP contribution in [0, 0.1) is 23.2 Å². The first-order valence-electron chi connectivity index (χ1n) is 7.05. The lowest BCUT2D eigenvalue weighted by Gasteiger charge is -2.42. The summed E-state index contributed by atoms with van der Waals surface area (Å²) in [5.41, 5.74) is 6.20. The van der Waals surface area contributed by atoms with Gasteiger partial charge in [0.05, 0.1) is 0 Å².